The van der Waals surface area contributed by atoms with E-state index in [-0.39, 0.29) is 36.9 Å². The van der Waals surface area contributed by atoms with Gasteiger partial charge in [0.15, 0.2) is 6.61 Å². The first kappa shape index (κ1) is 23.9. The van der Waals surface area contributed by atoms with Crippen LogP contribution in [0.3, 0.4) is 0 Å². The lowest BCUT2D eigenvalue weighted by molar-refractivity contribution is -0.123. The van der Waals surface area contributed by atoms with Crippen molar-refractivity contribution >= 4 is 22.6 Å². The van der Waals surface area contributed by atoms with Gasteiger partial charge < -0.3 is 19.9 Å². The number of aromatic nitrogens is 2. The van der Waals surface area contributed by atoms with Gasteiger partial charge in [-0.25, -0.2) is 0 Å². The molecular weight excluding hydrogens is 444 g/mol. The van der Waals surface area contributed by atoms with Crippen molar-refractivity contribution < 1.29 is 18.8 Å². The molecule has 0 saturated carbocycles. The molecule has 0 unspecified atom stereocenters. The third kappa shape index (κ3) is 6.03. The normalized spacial score (nSPS) is 11.3. The highest BCUT2D eigenvalue weighted by Crippen LogP contribution is 2.26. The van der Waals surface area contributed by atoms with E-state index < -0.39 is 5.91 Å². The molecule has 0 atom stereocenters. The van der Waals surface area contributed by atoms with Crippen molar-refractivity contribution in [3.63, 3.8) is 0 Å². The van der Waals surface area contributed by atoms with E-state index in [9.17, 15) is 9.59 Å². The van der Waals surface area contributed by atoms with Crippen LogP contribution in [0.5, 0.6) is 5.75 Å². The van der Waals surface area contributed by atoms with Gasteiger partial charge in [-0.1, -0.05) is 86.6 Å². The van der Waals surface area contributed by atoms with Crippen LogP contribution in [0.1, 0.15) is 37.0 Å². The molecule has 0 bridgehead atoms. The van der Waals surface area contributed by atoms with E-state index in [1.165, 1.54) is 5.56 Å². The molecule has 0 aliphatic carbocycles. The van der Waals surface area contributed by atoms with Crippen LogP contribution in [0.15, 0.2) is 71.3 Å². The molecule has 0 spiro atoms. The van der Waals surface area contributed by atoms with Crippen molar-refractivity contribution in [1.82, 2.24) is 20.8 Å². The van der Waals surface area contributed by atoms with E-state index >= 15 is 0 Å². The molecule has 35 heavy (non-hydrogen) atoms. The molecule has 0 aliphatic rings. The van der Waals surface area contributed by atoms with Gasteiger partial charge >= 0.3 is 11.8 Å². The SMILES string of the molecule is CC(C)(C)c1ccc(-c2noc(C(=O)NCCNC(=O)COc3cccc4ccccc34)n2)cc1. The molecular formula is C27H28N4O4. The van der Waals surface area contributed by atoms with Crippen molar-refractivity contribution in [1.29, 1.82) is 0 Å². The summed E-state index contributed by atoms with van der Waals surface area (Å²) < 4.78 is 10.8. The van der Waals surface area contributed by atoms with E-state index in [2.05, 4.69) is 41.5 Å². The second kappa shape index (κ2) is 10.4. The number of hydrogen-bond donors (Lipinski definition) is 2. The number of benzene rings is 3. The van der Waals surface area contributed by atoms with E-state index in [0.29, 0.717) is 11.6 Å². The number of ether oxygens (including phenoxy) is 1. The Morgan fingerprint density at radius 3 is 2.40 bits per heavy atom. The Balaban J connectivity index is 1.22. The molecule has 1 aromatic heterocycles. The predicted molar refractivity (Wildman–Crippen MR) is 133 cm³/mol. The minimum absolute atomic E-state index is 0.0400. The highest BCUT2D eigenvalue weighted by atomic mass is 16.5. The fourth-order valence-electron chi connectivity index (χ4n) is 3.52. The van der Waals surface area contributed by atoms with Crippen LogP contribution < -0.4 is 15.4 Å². The third-order valence-corrected chi connectivity index (χ3v) is 5.47. The highest BCUT2D eigenvalue weighted by molar-refractivity contribution is 5.90. The molecule has 0 radical (unpaired) electrons. The van der Waals surface area contributed by atoms with Crippen molar-refractivity contribution in [3.05, 3.63) is 78.2 Å². The van der Waals surface area contributed by atoms with Gasteiger partial charge in [-0.15, -0.1) is 0 Å². The van der Waals surface area contributed by atoms with Gasteiger partial charge in [-0.2, -0.15) is 4.98 Å². The second-order valence-corrected chi connectivity index (χ2v) is 9.12. The van der Waals surface area contributed by atoms with Gasteiger partial charge in [-0.05, 0) is 22.4 Å². The summed E-state index contributed by atoms with van der Waals surface area (Å²) in [5.41, 5.74) is 1.99. The Labute approximate surface area is 203 Å². The lowest BCUT2D eigenvalue weighted by Crippen LogP contribution is -2.36. The molecule has 4 rings (SSSR count). The van der Waals surface area contributed by atoms with Gasteiger partial charge in [0.05, 0.1) is 0 Å². The summed E-state index contributed by atoms with van der Waals surface area (Å²) in [7, 11) is 0. The molecule has 8 nitrogen and oxygen atoms in total. The number of hydrogen-bond acceptors (Lipinski definition) is 6. The fourth-order valence-corrected chi connectivity index (χ4v) is 3.52. The largest absolute Gasteiger partial charge is 0.483 e. The van der Waals surface area contributed by atoms with Gasteiger partial charge in [-0.3, -0.25) is 9.59 Å². The van der Waals surface area contributed by atoms with E-state index in [1.807, 2.05) is 66.7 Å². The lowest BCUT2D eigenvalue weighted by Gasteiger charge is -2.18. The van der Waals surface area contributed by atoms with Gasteiger partial charge in [0.2, 0.25) is 5.82 Å². The monoisotopic (exact) mass is 472 g/mol. The van der Waals surface area contributed by atoms with Crippen LogP contribution in [0.25, 0.3) is 22.2 Å². The maximum absolute atomic E-state index is 12.3. The maximum Gasteiger partial charge on any atom is 0.316 e. The molecule has 1 heterocycles. The van der Waals surface area contributed by atoms with Gasteiger partial charge in [0, 0.05) is 24.0 Å². The number of nitrogens with one attached hydrogen (secondary N) is 2. The van der Waals surface area contributed by atoms with Crippen molar-refractivity contribution in [2.45, 2.75) is 26.2 Å². The van der Waals surface area contributed by atoms with Crippen LogP contribution in [0.4, 0.5) is 0 Å². The Morgan fingerprint density at radius 2 is 1.63 bits per heavy atom. The summed E-state index contributed by atoms with van der Waals surface area (Å²) >= 11 is 0. The number of nitrogens with zero attached hydrogens (tertiary/aromatic N) is 2. The van der Waals surface area contributed by atoms with Crippen LogP contribution in [-0.4, -0.2) is 41.7 Å². The minimum Gasteiger partial charge on any atom is -0.483 e. The average Bonchev–Trinajstić information content (AvgIpc) is 3.35. The Hall–Kier alpha value is -4.20. The summed E-state index contributed by atoms with van der Waals surface area (Å²) in [5, 5.41) is 11.2. The van der Waals surface area contributed by atoms with E-state index in [1.54, 1.807) is 0 Å². The van der Waals surface area contributed by atoms with Crippen molar-refractivity contribution in [2.75, 3.05) is 19.7 Å². The van der Waals surface area contributed by atoms with Crippen molar-refractivity contribution in [3.8, 4) is 17.1 Å². The Bertz CT molecular complexity index is 1320. The summed E-state index contributed by atoms with van der Waals surface area (Å²) in [4.78, 5) is 28.6. The summed E-state index contributed by atoms with van der Waals surface area (Å²) in [6.07, 6.45) is 0. The number of fused-ring (bicyclic) bond motifs is 1. The molecule has 0 saturated heterocycles. The molecule has 0 aliphatic heterocycles. The molecule has 4 aromatic rings. The fraction of sp³-hybridized carbons (Fsp3) is 0.259. The van der Waals surface area contributed by atoms with Gasteiger partial charge in [0.25, 0.3) is 5.91 Å². The minimum atomic E-state index is -0.503. The van der Waals surface area contributed by atoms with Crippen LogP contribution in [0.2, 0.25) is 0 Å². The van der Waals surface area contributed by atoms with Gasteiger partial charge in [0.1, 0.15) is 5.75 Å². The van der Waals surface area contributed by atoms with E-state index in [4.69, 9.17) is 9.26 Å². The molecule has 2 amide bonds. The highest BCUT2D eigenvalue weighted by Gasteiger charge is 2.17. The molecule has 8 heteroatoms. The zero-order chi connectivity index (χ0) is 24.8. The first-order chi connectivity index (χ1) is 16.8. The molecule has 3 aromatic carbocycles. The van der Waals surface area contributed by atoms with E-state index in [0.717, 1.165) is 16.3 Å². The summed E-state index contributed by atoms with van der Waals surface area (Å²) in [6.45, 7) is 6.73. The maximum atomic E-state index is 12.3. The molecule has 0 fully saturated rings. The number of amides is 2. The first-order valence-corrected chi connectivity index (χ1v) is 11.4. The molecule has 180 valence electrons. The quantitative estimate of drug-likeness (QED) is 0.374. The third-order valence-electron chi connectivity index (χ3n) is 5.47. The number of carbonyl (C=O) groups is 2. The standard InChI is InChI=1S/C27H28N4O4/c1-27(2,3)20-13-11-19(12-14-20)24-30-26(35-31-24)25(33)29-16-15-28-23(32)17-34-22-10-6-8-18-7-4-5-9-21(18)22/h4-14H,15-17H2,1-3H3,(H,28,32)(H,29,33). The number of carbonyl (C=O) groups excluding carboxylic acids is 2. The molecule has 2 N–H and O–H groups in total. The number of rotatable bonds is 8. The predicted octanol–water partition coefficient (Wildman–Crippen LogP) is 4.11. The van der Waals surface area contributed by atoms with Crippen LogP contribution >= 0.6 is 0 Å². The van der Waals surface area contributed by atoms with Crippen LogP contribution in [-0.2, 0) is 10.2 Å². The zero-order valence-corrected chi connectivity index (χ0v) is 20.0. The summed E-state index contributed by atoms with van der Waals surface area (Å²) in [6, 6.07) is 21.3. The summed E-state index contributed by atoms with van der Waals surface area (Å²) in [5.74, 6) is 0.0640. The lowest BCUT2D eigenvalue weighted by atomic mass is 9.87. The average molecular weight is 473 g/mol. The smallest absolute Gasteiger partial charge is 0.316 e. The Kier molecular flexibility index (Phi) is 7.10. The zero-order valence-electron chi connectivity index (χ0n) is 20.0. The Morgan fingerprint density at radius 1 is 0.914 bits per heavy atom. The second-order valence-electron chi connectivity index (χ2n) is 9.12. The first-order valence-electron chi connectivity index (χ1n) is 11.4. The van der Waals surface area contributed by atoms with Crippen molar-refractivity contribution in [2.24, 2.45) is 0 Å². The van der Waals surface area contributed by atoms with Crippen LogP contribution in [0, 0.1) is 0 Å². The topological polar surface area (TPSA) is 106 Å².